The van der Waals surface area contributed by atoms with Crippen molar-refractivity contribution >= 4 is 23.3 Å². The zero-order chi connectivity index (χ0) is 16.0. The molecule has 0 atom stereocenters. The van der Waals surface area contributed by atoms with Crippen molar-refractivity contribution in [2.45, 2.75) is 12.0 Å². The number of aromatic nitrogens is 1. The standard InChI is InChI=1S/C17H16ClN3O2/c1-23-13-4-2-11(3-5-13)8-21-15-14(6-12(18)7-20-15)17(16(21)22)9-19-10-17/h2-7,19H,8-10H2,1H3. The zero-order valence-corrected chi connectivity index (χ0v) is 13.4. The monoisotopic (exact) mass is 329 g/mol. The van der Waals surface area contributed by atoms with Gasteiger partial charge in [-0.05, 0) is 23.8 Å². The van der Waals surface area contributed by atoms with Crippen LogP contribution in [0.5, 0.6) is 5.75 Å². The largest absolute Gasteiger partial charge is 0.497 e. The lowest BCUT2D eigenvalue weighted by Crippen LogP contribution is -2.61. The number of carbonyl (C=O) groups is 1. The number of pyridine rings is 1. The first-order valence-corrected chi connectivity index (χ1v) is 7.83. The molecule has 6 heteroatoms. The summed E-state index contributed by atoms with van der Waals surface area (Å²) >= 11 is 6.09. The summed E-state index contributed by atoms with van der Waals surface area (Å²) in [5.41, 5.74) is 1.47. The average molecular weight is 330 g/mol. The molecule has 1 spiro atoms. The summed E-state index contributed by atoms with van der Waals surface area (Å²) in [7, 11) is 1.64. The van der Waals surface area contributed by atoms with Crippen LogP contribution in [-0.4, -0.2) is 31.1 Å². The van der Waals surface area contributed by atoms with Crippen molar-refractivity contribution in [1.29, 1.82) is 0 Å². The topological polar surface area (TPSA) is 54.5 Å². The molecule has 1 saturated heterocycles. The quantitative estimate of drug-likeness (QED) is 0.937. The number of ether oxygens (including phenoxy) is 1. The highest BCUT2D eigenvalue weighted by molar-refractivity contribution is 6.30. The molecule has 2 aliphatic heterocycles. The number of benzene rings is 1. The number of nitrogens with zero attached hydrogens (tertiary/aromatic N) is 2. The van der Waals surface area contributed by atoms with Crippen molar-refractivity contribution < 1.29 is 9.53 Å². The summed E-state index contributed by atoms with van der Waals surface area (Å²) < 4.78 is 5.17. The SMILES string of the molecule is COc1ccc(CN2C(=O)C3(CNC3)c3cc(Cl)cnc32)cc1. The molecule has 1 N–H and O–H groups in total. The number of amides is 1. The van der Waals surface area contributed by atoms with Crippen molar-refractivity contribution in [1.82, 2.24) is 10.3 Å². The molecule has 2 aromatic rings. The van der Waals surface area contributed by atoms with Crippen LogP contribution in [0.1, 0.15) is 11.1 Å². The fourth-order valence-corrected chi connectivity index (χ4v) is 3.40. The van der Waals surface area contributed by atoms with Gasteiger partial charge in [0.2, 0.25) is 5.91 Å². The minimum atomic E-state index is -0.500. The van der Waals surface area contributed by atoms with E-state index in [-0.39, 0.29) is 5.91 Å². The van der Waals surface area contributed by atoms with Crippen LogP contribution in [0.3, 0.4) is 0 Å². The van der Waals surface area contributed by atoms with E-state index in [1.165, 1.54) is 0 Å². The molecule has 118 valence electrons. The number of hydrogen-bond acceptors (Lipinski definition) is 4. The fourth-order valence-electron chi connectivity index (χ4n) is 3.25. The van der Waals surface area contributed by atoms with E-state index in [0.29, 0.717) is 24.7 Å². The van der Waals surface area contributed by atoms with Crippen LogP contribution in [0.15, 0.2) is 36.5 Å². The fraction of sp³-hybridized carbons (Fsp3) is 0.294. The molecule has 5 nitrogen and oxygen atoms in total. The lowest BCUT2D eigenvalue weighted by molar-refractivity contribution is -0.125. The maximum atomic E-state index is 13.0. The van der Waals surface area contributed by atoms with E-state index in [9.17, 15) is 4.79 Å². The maximum Gasteiger partial charge on any atom is 0.241 e. The number of halogens is 1. The lowest BCUT2D eigenvalue weighted by Gasteiger charge is -2.37. The van der Waals surface area contributed by atoms with Crippen molar-refractivity contribution in [2.24, 2.45) is 0 Å². The summed E-state index contributed by atoms with van der Waals surface area (Å²) in [6.45, 7) is 1.77. The Bertz CT molecular complexity index is 772. The van der Waals surface area contributed by atoms with Crippen LogP contribution < -0.4 is 15.0 Å². The van der Waals surface area contributed by atoms with E-state index >= 15 is 0 Å². The molecule has 0 unspecified atom stereocenters. The van der Waals surface area contributed by atoms with Gasteiger partial charge in [0.25, 0.3) is 0 Å². The van der Waals surface area contributed by atoms with Gasteiger partial charge in [0.15, 0.2) is 0 Å². The number of carbonyl (C=O) groups excluding carboxylic acids is 1. The van der Waals surface area contributed by atoms with E-state index in [4.69, 9.17) is 16.3 Å². The molecule has 0 saturated carbocycles. The summed E-state index contributed by atoms with van der Waals surface area (Å²) in [4.78, 5) is 19.2. The van der Waals surface area contributed by atoms with Gasteiger partial charge in [-0.2, -0.15) is 0 Å². The molecule has 1 aromatic carbocycles. The first-order chi connectivity index (χ1) is 11.1. The minimum absolute atomic E-state index is 0.0943. The Morgan fingerprint density at radius 2 is 2.09 bits per heavy atom. The Labute approximate surface area is 139 Å². The predicted octanol–water partition coefficient (Wildman–Crippen LogP) is 2.13. The van der Waals surface area contributed by atoms with Crippen molar-refractivity contribution in [3.63, 3.8) is 0 Å². The number of methoxy groups -OCH3 is 1. The lowest BCUT2D eigenvalue weighted by atomic mass is 9.77. The third-order valence-electron chi connectivity index (χ3n) is 4.61. The molecule has 1 aromatic heterocycles. The highest BCUT2D eigenvalue weighted by Crippen LogP contribution is 2.44. The summed E-state index contributed by atoms with van der Waals surface area (Å²) in [6.07, 6.45) is 1.60. The third-order valence-corrected chi connectivity index (χ3v) is 4.82. The molecular weight excluding hydrogens is 314 g/mol. The van der Waals surface area contributed by atoms with Gasteiger partial charge >= 0.3 is 0 Å². The number of anilines is 1. The third kappa shape index (κ3) is 2.11. The molecule has 2 aliphatic rings. The zero-order valence-electron chi connectivity index (χ0n) is 12.7. The second-order valence-electron chi connectivity index (χ2n) is 5.95. The van der Waals surface area contributed by atoms with Gasteiger partial charge in [0.1, 0.15) is 17.0 Å². The second-order valence-corrected chi connectivity index (χ2v) is 6.39. The Morgan fingerprint density at radius 3 is 2.70 bits per heavy atom. The Balaban J connectivity index is 1.70. The van der Waals surface area contributed by atoms with E-state index in [1.807, 2.05) is 30.3 Å². The van der Waals surface area contributed by atoms with Crippen molar-refractivity contribution in [3.05, 3.63) is 52.7 Å². The normalized spacial score (nSPS) is 18.0. The molecule has 23 heavy (non-hydrogen) atoms. The van der Waals surface area contributed by atoms with Gasteiger partial charge in [-0.3, -0.25) is 9.69 Å². The van der Waals surface area contributed by atoms with Crippen molar-refractivity contribution in [2.75, 3.05) is 25.1 Å². The molecule has 0 aliphatic carbocycles. The summed E-state index contributed by atoms with van der Waals surface area (Å²) in [6, 6.07) is 9.59. The van der Waals surface area contributed by atoms with Gasteiger partial charge in [0.05, 0.1) is 18.7 Å². The smallest absolute Gasteiger partial charge is 0.241 e. The minimum Gasteiger partial charge on any atom is -0.497 e. The number of fused-ring (bicyclic) bond motifs is 2. The van der Waals surface area contributed by atoms with Gasteiger partial charge in [-0.25, -0.2) is 4.98 Å². The van der Waals surface area contributed by atoms with Gasteiger partial charge < -0.3 is 10.1 Å². The van der Waals surface area contributed by atoms with Crippen LogP contribution in [0.25, 0.3) is 0 Å². The van der Waals surface area contributed by atoms with E-state index < -0.39 is 5.41 Å². The Morgan fingerprint density at radius 1 is 1.35 bits per heavy atom. The number of nitrogens with one attached hydrogen (secondary N) is 1. The van der Waals surface area contributed by atoms with E-state index in [0.717, 1.165) is 22.7 Å². The Hall–Kier alpha value is -2.11. The van der Waals surface area contributed by atoms with Crippen molar-refractivity contribution in [3.8, 4) is 5.75 Å². The van der Waals surface area contributed by atoms with Crippen LogP contribution in [0.4, 0.5) is 5.82 Å². The molecular formula is C17H16ClN3O2. The Kier molecular flexibility index (Phi) is 3.28. The molecule has 4 rings (SSSR count). The molecule has 0 radical (unpaired) electrons. The number of hydrogen-bond donors (Lipinski definition) is 1. The second kappa shape index (κ2) is 5.22. The summed E-state index contributed by atoms with van der Waals surface area (Å²) in [5.74, 6) is 1.61. The molecule has 1 amide bonds. The van der Waals surface area contributed by atoms with Crippen LogP contribution in [0, 0.1) is 0 Å². The average Bonchev–Trinajstić information content (AvgIpc) is 2.76. The number of rotatable bonds is 3. The van der Waals surface area contributed by atoms with Gasteiger partial charge in [-0.1, -0.05) is 23.7 Å². The van der Waals surface area contributed by atoms with Gasteiger partial charge in [0, 0.05) is 24.8 Å². The highest BCUT2D eigenvalue weighted by atomic mass is 35.5. The first-order valence-electron chi connectivity index (χ1n) is 7.46. The van der Waals surface area contributed by atoms with E-state index in [1.54, 1.807) is 18.2 Å². The highest BCUT2D eigenvalue weighted by Gasteiger charge is 2.55. The van der Waals surface area contributed by atoms with Crippen LogP contribution >= 0.6 is 11.6 Å². The maximum absolute atomic E-state index is 13.0. The van der Waals surface area contributed by atoms with Crippen LogP contribution in [0.2, 0.25) is 5.02 Å². The predicted molar refractivity (Wildman–Crippen MR) is 88.0 cm³/mol. The first kappa shape index (κ1) is 14.5. The molecule has 1 fully saturated rings. The summed E-state index contributed by atoms with van der Waals surface area (Å²) in [5, 5.41) is 3.76. The van der Waals surface area contributed by atoms with Gasteiger partial charge in [-0.15, -0.1) is 0 Å². The van der Waals surface area contributed by atoms with E-state index in [2.05, 4.69) is 10.3 Å². The molecule has 0 bridgehead atoms. The molecule has 3 heterocycles. The van der Waals surface area contributed by atoms with Crippen LogP contribution in [-0.2, 0) is 16.8 Å².